The van der Waals surface area contributed by atoms with Crippen molar-refractivity contribution in [2.45, 2.75) is 38.5 Å². The van der Waals surface area contributed by atoms with Crippen LogP contribution in [0.2, 0.25) is 0 Å². The normalized spacial score (nSPS) is 17.5. The van der Waals surface area contributed by atoms with Crippen molar-refractivity contribution in [2.24, 2.45) is 5.92 Å². The van der Waals surface area contributed by atoms with Gasteiger partial charge in [-0.1, -0.05) is 54.6 Å². The van der Waals surface area contributed by atoms with Crippen molar-refractivity contribution in [2.75, 3.05) is 19.6 Å². The van der Waals surface area contributed by atoms with Gasteiger partial charge in [-0.15, -0.1) is 0 Å². The second-order valence-electron chi connectivity index (χ2n) is 8.11. The molecular weight excluding hydrogens is 346 g/mol. The Morgan fingerprint density at radius 3 is 2.11 bits per heavy atom. The zero-order valence-corrected chi connectivity index (χ0v) is 16.4. The monoisotopic (exact) mass is 375 g/mol. The van der Waals surface area contributed by atoms with Crippen molar-refractivity contribution in [3.8, 4) is 0 Å². The molecule has 0 saturated carbocycles. The van der Waals surface area contributed by atoms with E-state index < -0.39 is 5.97 Å². The van der Waals surface area contributed by atoms with Gasteiger partial charge in [-0.3, -0.25) is 9.69 Å². The number of benzene rings is 2. The number of aryl methyl sites for hydroxylation is 2. The van der Waals surface area contributed by atoms with Crippen molar-refractivity contribution in [1.29, 1.82) is 0 Å². The standard InChI is InChI=1S/C25H29NO2/c27-25(28)12-9-19-13-16-26(17-14-19)18-15-24-22-7-3-1-5-20(22)10-11-21-6-2-4-8-23(21)24/h1-8,15,19H,9-14,16-18H2,(H,27,28). The smallest absolute Gasteiger partial charge is 0.303 e. The minimum Gasteiger partial charge on any atom is -0.481 e. The van der Waals surface area contributed by atoms with Crippen LogP contribution in [0.3, 0.4) is 0 Å². The Morgan fingerprint density at radius 1 is 0.964 bits per heavy atom. The van der Waals surface area contributed by atoms with Gasteiger partial charge in [0.15, 0.2) is 0 Å². The summed E-state index contributed by atoms with van der Waals surface area (Å²) in [7, 11) is 0. The van der Waals surface area contributed by atoms with Crippen LogP contribution in [0.4, 0.5) is 0 Å². The fourth-order valence-corrected chi connectivity index (χ4v) is 4.64. The molecule has 0 radical (unpaired) electrons. The number of rotatable bonds is 5. The molecule has 0 unspecified atom stereocenters. The molecule has 2 aromatic carbocycles. The highest BCUT2D eigenvalue weighted by atomic mass is 16.4. The molecule has 3 nitrogen and oxygen atoms in total. The highest BCUT2D eigenvalue weighted by Crippen LogP contribution is 2.33. The third kappa shape index (κ3) is 4.36. The van der Waals surface area contributed by atoms with Crippen molar-refractivity contribution >= 4 is 11.5 Å². The Kier molecular flexibility index (Phi) is 5.92. The number of hydrogen-bond donors (Lipinski definition) is 1. The van der Waals surface area contributed by atoms with Crippen LogP contribution >= 0.6 is 0 Å². The van der Waals surface area contributed by atoms with Gasteiger partial charge in [0.25, 0.3) is 0 Å². The first kappa shape index (κ1) is 18.9. The Balaban J connectivity index is 1.50. The number of hydrogen-bond acceptors (Lipinski definition) is 2. The van der Waals surface area contributed by atoms with Gasteiger partial charge < -0.3 is 5.11 Å². The third-order valence-electron chi connectivity index (χ3n) is 6.31. The molecule has 1 fully saturated rings. The van der Waals surface area contributed by atoms with Crippen LogP contribution in [-0.4, -0.2) is 35.6 Å². The van der Waals surface area contributed by atoms with E-state index in [1.165, 1.54) is 27.8 Å². The van der Waals surface area contributed by atoms with E-state index in [0.717, 1.165) is 51.7 Å². The van der Waals surface area contributed by atoms with Crippen molar-refractivity contribution in [1.82, 2.24) is 4.90 Å². The molecule has 0 atom stereocenters. The molecule has 0 spiro atoms. The minimum absolute atomic E-state index is 0.308. The molecular formula is C25H29NO2. The number of fused-ring (bicyclic) bond motifs is 2. The molecule has 0 bridgehead atoms. The maximum absolute atomic E-state index is 10.8. The van der Waals surface area contributed by atoms with Gasteiger partial charge in [-0.05, 0) is 78.9 Å². The van der Waals surface area contributed by atoms with E-state index in [0.29, 0.717) is 12.3 Å². The summed E-state index contributed by atoms with van der Waals surface area (Å²) in [6.45, 7) is 3.10. The van der Waals surface area contributed by atoms with Crippen molar-refractivity contribution in [3.05, 3.63) is 76.9 Å². The Morgan fingerprint density at radius 2 is 1.54 bits per heavy atom. The van der Waals surface area contributed by atoms with Crippen LogP contribution in [0.5, 0.6) is 0 Å². The topological polar surface area (TPSA) is 40.5 Å². The molecule has 4 rings (SSSR count). The molecule has 1 aliphatic heterocycles. The Bertz CT molecular complexity index is 813. The van der Waals surface area contributed by atoms with E-state index in [4.69, 9.17) is 5.11 Å². The molecule has 1 aliphatic carbocycles. The first-order valence-corrected chi connectivity index (χ1v) is 10.5. The van der Waals surface area contributed by atoms with Gasteiger partial charge in [0.2, 0.25) is 0 Å². The van der Waals surface area contributed by atoms with Gasteiger partial charge in [-0.25, -0.2) is 0 Å². The van der Waals surface area contributed by atoms with Crippen molar-refractivity contribution < 1.29 is 9.90 Å². The van der Waals surface area contributed by atoms with E-state index >= 15 is 0 Å². The van der Waals surface area contributed by atoms with Crippen LogP contribution in [0.25, 0.3) is 5.57 Å². The fraction of sp³-hybridized carbons (Fsp3) is 0.400. The fourth-order valence-electron chi connectivity index (χ4n) is 4.64. The van der Waals surface area contributed by atoms with Crippen LogP contribution in [0.15, 0.2) is 54.6 Å². The number of likely N-dealkylation sites (tertiary alicyclic amines) is 1. The average molecular weight is 376 g/mol. The largest absolute Gasteiger partial charge is 0.481 e. The van der Waals surface area contributed by atoms with E-state index in [1.54, 1.807) is 0 Å². The number of piperidine rings is 1. The van der Waals surface area contributed by atoms with Gasteiger partial charge >= 0.3 is 5.97 Å². The summed E-state index contributed by atoms with van der Waals surface area (Å²) in [4.78, 5) is 13.3. The lowest BCUT2D eigenvalue weighted by molar-refractivity contribution is -0.137. The number of nitrogens with zero attached hydrogens (tertiary/aromatic N) is 1. The SMILES string of the molecule is O=C(O)CCC1CCN(CC=C2c3ccccc3CCc3ccccc32)CC1. The van der Waals surface area contributed by atoms with E-state index in [9.17, 15) is 4.79 Å². The van der Waals surface area contributed by atoms with Gasteiger partial charge in [0.05, 0.1) is 0 Å². The molecule has 2 aliphatic rings. The first-order valence-electron chi connectivity index (χ1n) is 10.5. The zero-order chi connectivity index (χ0) is 19.3. The molecule has 0 aromatic heterocycles. The van der Waals surface area contributed by atoms with Crippen LogP contribution in [-0.2, 0) is 17.6 Å². The molecule has 3 heteroatoms. The number of carbonyl (C=O) groups is 1. The molecule has 1 N–H and O–H groups in total. The number of carboxylic acids is 1. The van der Waals surface area contributed by atoms with E-state index in [1.807, 2.05) is 0 Å². The second kappa shape index (κ2) is 8.74. The third-order valence-corrected chi connectivity index (χ3v) is 6.31. The summed E-state index contributed by atoms with van der Waals surface area (Å²) in [5, 5.41) is 8.89. The van der Waals surface area contributed by atoms with E-state index in [-0.39, 0.29) is 0 Å². The van der Waals surface area contributed by atoms with Crippen molar-refractivity contribution in [3.63, 3.8) is 0 Å². The lowest BCUT2D eigenvalue weighted by Crippen LogP contribution is -2.34. The number of aliphatic carboxylic acids is 1. The molecule has 146 valence electrons. The highest BCUT2D eigenvalue weighted by Gasteiger charge is 2.21. The lowest BCUT2D eigenvalue weighted by Gasteiger charge is -2.31. The number of carboxylic acid groups (broad SMARTS) is 1. The molecule has 1 saturated heterocycles. The second-order valence-corrected chi connectivity index (χ2v) is 8.11. The summed E-state index contributed by atoms with van der Waals surface area (Å²) < 4.78 is 0. The molecule has 28 heavy (non-hydrogen) atoms. The predicted octanol–water partition coefficient (Wildman–Crippen LogP) is 4.79. The Labute approximate surface area is 167 Å². The highest BCUT2D eigenvalue weighted by molar-refractivity contribution is 5.84. The summed E-state index contributed by atoms with van der Waals surface area (Å²) in [6.07, 6.45) is 7.97. The summed E-state index contributed by atoms with van der Waals surface area (Å²) >= 11 is 0. The molecule has 1 heterocycles. The van der Waals surface area contributed by atoms with Gasteiger partial charge in [0, 0.05) is 13.0 Å². The maximum Gasteiger partial charge on any atom is 0.303 e. The lowest BCUT2D eigenvalue weighted by atomic mass is 9.91. The average Bonchev–Trinajstić information content (AvgIpc) is 2.88. The summed E-state index contributed by atoms with van der Waals surface area (Å²) in [6, 6.07) is 17.7. The van der Waals surface area contributed by atoms with E-state index in [2.05, 4.69) is 59.5 Å². The summed E-state index contributed by atoms with van der Waals surface area (Å²) in [5.74, 6) is -0.0998. The minimum atomic E-state index is -0.669. The van der Waals surface area contributed by atoms with Gasteiger partial charge in [-0.2, -0.15) is 0 Å². The first-order chi connectivity index (χ1) is 13.7. The summed E-state index contributed by atoms with van der Waals surface area (Å²) in [5.41, 5.74) is 7.01. The molecule has 2 aromatic rings. The van der Waals surface area contributed by atoms with Crippen LogP contribution in [0, 0.1) is 5.92 Å². The maximum atomic E-state index is 10.8. The quantitative estimate of drug-likeness (QED) is 0.816. The molecule has 0 amide bonds. The zero-order valence-electron chi connectivity index (χ0n) is 16.4. The predicted molar refractivity (Wildman–Crippen MR) is 113 cm³/mol. The Hall–Kier alpha value is -2.39. The van der Waals surface area contributed by atoms with Crippen LogP contribution < -0.4 is 0 Å². The van der Waals surface area contributed by atoms with Crippen LogP contribution in [0.1, 0.15) is 47.9 Å². The van der Waals surface area contributed by atoms with Gasteiger partial charge in [0.1, 0.15) is 0 Å².